The molecule has 1 fully saturated rings. The average molecular weight is 264 g/mol. The van der Waals surface area contributed by atoms with Crippen LogP contribution in [0.5, 0.6) is 0 Å². The van der Waals surface area contributed by atoms with Gasteiger partial charge in [0.1, 0.15) is 0 Å². The molecule has 0 saturated carbocycles. The first-order chi connectivity index (χ1) is 8.53. The van der Waals surface area contributed by atoms with Crippen LogP contribution in [-0.2, 0) is 0 Å². The summed E-state index contributed by atoms with van der Waals surface area (Å²) >= 11 is 0. The lowest BCUT2D eigenvalue weighted by molar-refractivity contribution is -0.143. The van der Waals surface area contributed by atoms with Crippen LogP contribution in [0.3, 0.4) is 0 Å². The Hall–Kier alpha value is -0.980. The summed E-state index contributed by atoms with van der Waals surface area (Å²) in [5.41, 5.74) is 0. The Morgan fingerprint density at radius 2 is 2.28 bits per heavy atom. The molecule has 0 aromatic carbocycles. The maximum Gasteiger partial charge on any atom is 0.401 e. The third-order valence-electron chi connectivity index (χ3n) is 3.23. The van der Waals surface area contributed by atoms with Crippen molar-refractivity contribution in [3.63, 3.8) is 0 Å². The molecule has 0 bridgehead atoms. The number of guanidine groups is 1. The zero-order valence-electron chi connectivity index (χ0n) is 10.3. The van der Waals surface area contributed by atoms with Crippen LogP contribution in [0.15, 0.2) is 4.99 Å². The van der Waals surface area contributed by atoms with E-state index < -0.39 is 12.7 Å². The van der Waals surface area contributed by atoms with E-state index in [-0.39, 0.29) is 5.92 Å². The van der Waals surface area contributed by atoms with Gasteiger partial charge in [0, 0.05) is 26.2 Å². The van der Waals surface area contributed by atoms with Gasteiger partial charge in [-0.15, -0.1) is 0 Å². The van der Waals surface area contributed by atoms with Crippen molar-refractivity contribution < 1.29 is 13.2 Å². The minimum absolute atomic E-state index is 0.277. The van der Waals surface area contributed by atoms with Crippen molar-refractivity contribution in [1.82, 2.24) is 15.5 Å². The van der Waals surface area contributed by atoms with Crippen molar-refractivity contribution in [3.05, 3.63) is 0 Å². The monoisotopic (exact) mass is 264 g/mol. The zero-order chi connectivity index (χ0) is 13.0. The average Bonchev–Trinajstić information content (AvgIpc) is 2.73. The van der Waals surface area contributed by atoms with Crippen LogP contribution in [0.2, 0.25) is 0 Å². The first-order valence-corrected chi connectivity index (χ1v) is 6.34. The molecule has 1 atom stereocenters. The van der Waals surface area contributed by atoms with Gasteiger partial charge in [0.25, 0.3) is 0 Å². The highest BCUT2D eigenvalue weighted by Gasteiger charge is 2.34. The highest BCUT2D eigenvalue weighted by Crippen LogP contribution is 2.22. The Kier molecular flexibility index (Phi) is 4.31. The second-order valence-corrected chi connectivity index (χ2v) is 4.90. The number of nitrogens with zero attached hydrogens (tertiary/aromatic N) is 2. The van der Waals surface area contributed by atoms with E-state index in [4.69, 9.17) is 0 Å². The topological polar surface area (TPSA) is 39.7 Å². The summed E-state index contributed by atoms with van der Waals surface area (Å²) in [5.74, 6) is 1.06. The minimum atomic E-state index is -4.09. The number of rotatable bonds is 3. The van der Waals surface area contributed by atoms with Crippen molar-refractivity contribution in [2.45, 2.75) is 19.0 Å². The van der Waals surface area contributed by atoms with Crippen molar-refractivity contribution in [3.8, 4) is 0 Å². The molecule has 1 unspecified atom stereocenters. The second kappa shape index (κ2) is 5.77. The van der Waals surface area contributed by atoms with E-state index in [1.165, 1.54) is 4.90 Å². The van der Waals surface area contributed by atoms with Crippen molar-refractivity contribution in [1.29, 1.82) is 0 Å². The Morgan fingerprint density at radius 1 is 1.44 bits per heavy atom. The van der Waals surface area contributed by atoms with Crippen molar-refractivity contribution in [2.75, 3.05) is 39.3 Å². The molecule has 2 aliphatic rings. The fraction of sp³-hybridized carbons (Fsp3) is 0.909. The molecular formula is C11H19F3N4. The number of nitrogens with one attached hydrogen (secondary N) is 2. The first-order valence-electron chi connectivity index (χ1n) is 6.34. The molecule has 7 heteroatoms. The van der Waals surface area contributed by atoms with E-state index in [2.05, 4.69) is 15.6 Å². The van der Waals surface area contributed by atoms with Gasteiger partial charge in [-0.3, -0.25) is 9.89 Å². The minimum Gasteiger partial charge on any atom is -0.356 e. The van der Waals surface area contributed by atoms with Crippen LogP contribution in [0.1, 0.15) is 12.8 Å². The lowest BCUT2D eigenvalue weighted by Crippen LogP contribution is -2.43. The van der Waals surface area contributed by atoms with E-state index in [0.717, 1.165) is 31.9 Å². The molecule has 0 amide bonds. The summed E-state index contributed by atoms with van der Waals surface area (Å²) in [7, 11) is 0. The molecule has 4 nitrogen and oxygen atoms in total. The van der Waals surface area contributed by atoms with Crippen LogP contribution in [-0.4, -0.2) is 56.3 Å². The maximum atomic E-state index is 12.2. The summed E-state index contributed by atoms with van der Waals surface area (Å²) in [6.07, 6.45) is -2.23. The van der Waals surface area contributed by atoms with Gasteiger partial charge in [-0.05, 0) is 25.3 Å². The van der Waals surface area contributed by atoms with E-state index in [1.807, 2.05) is 0 Å². The van der Waals surface area contributed by atoms with E-state index >= 15 is 0 Å². The van der Waals surface area contributed by atoms with E-state index in [9.17, 15) is 13.2 Å². The summed E-state index contributed by atoms with van der Waals surface area (Å²) in [6.45, 7) is 2.69. The summed E-state index contributed by atoms with van der Waals surface area (Å²) < 4.78 is 36.7. The lowest BCUT2D eigenvalue weighted by Gasteiger charge is -2.20. The molecule has 1 saturated heterocycles. The Morgan fingerprint density at radius 3 is 2.94 bits per heavy atom. The highest BCUT2D eigenvalue weighted by atomic mass is 19.4. The number of hydrogen-bond acceptors (Lipinski definition) is 4. The first kappa shape index (κ1) is 13.5. The summed E-state index contributed by atoms with van der Waals surface area (Å²) in [5, 5.41) is 6.32. The van der Waals surface area contributed by atoms with Crippen LogP contribution >= 0.6 is 0 Å². The Bertz CT molecular complexity index is 303. The standard InChI is InChI=1S/C11H19F3N4/c12-11(13,14)8-18-5-2-9(7-18)6-17-10-15-3-1-4-16-10/h9H,1-8H2,(H2,15,16,17). The van der Waals surface area contributed by atoms with Crippen LogP contribution in [0, 0.1) is 5.92 Å². The second-order valence-electron chi connectivity index (χ2n) is 4.90. The van der Waals surface area contributed by atoms with Crippen molar-refractivity contribution in [2.24, 2.45) is 10.9 Å². The molecule has 2 heterocycles. The number of likely N-dealkylation sites (tertiary alicyclic amines) is 1. The quantitative estimate of drug-likeness (QED) is 0.792. The van der Waals surface area contributed by atoms with Gasteiger partial charge in [0.2, 0.25) is 0 Å². The molecule has 18 heavy (non-hydrogen) atoms. The van der Waals surface area contributed by atoms with E-state index in [0.29, 0.717) is 19.6 Å². The third-order valence-corrected chi connectivity index (χ3v) is 3.23. The molecule has 0 spiro atoms. The van der Waals surface area contributed by atoms with Gasteiger partial charge in [0.15, 0.2) is 5.96 Å². The molecule has 0 aliphatic carbocycles. The van der Waals surface area contributed by atoms with Gasteiger partial charge in [-0.25, -0.2) is 0 Å². The molecule has 2 N–H and O–H groups in total. The molecule has 0 aromatic rings. The Balaban J connectivity index is 1.68. The van der Waals surface area contributed by atoms with Crippen LogP contribution < -0.4 is 10.6 Å². The van der Waals surface area contributed by atoms with E-state index in [1.54, 1.807) is 0 Å². The number of hydrogen-bond donors (Lipinski definition) is 2. The fourth-order valence-corrected chi connectivity index (χ4v) is 2.37. The zero-order valence-corrected chi connectivity index (χ0v) is 10.3. The number of alkyl halides is 3. The maximum absolute atomic E-state index is 12.2. The van der Waals surface area contributed by atoms with Gasteiger partial charge < -0.3 is 10.6 Å². The van der Waals surface area contributed by atoms with Crippen LogP contribution in [0.25, 0.3) is 0 Å². The van der Waals surface area contributed by atoms with Crippen molar-refractivity contribution >= 4 is 5.96 Å². The molecule has 2 rings (SSSR count). The SMILES string of the molecule is FC(F)(F)CN1CCC(CNC2=NCCCN2)C1. The lowest BCUT2D eigenvalue weighted by atomic mass is 10.1. The van der Waals surface area contributed by atoms with Gasteiger partial charge in [-0.2, -0.15) is 13.2 Å². The summed E-state index contributed by atoms with van der Waals surface area (Å²) in [4.78, 5) is 5.74. The molecule has 104 valence electrons. The molecule has 2 aliphatic heterocycles. The molecule has 0 aromatic heterocycles. The van der Waals surface area contributed by atoms with Gasteiger partial charge >= 0.3 is 6.18 Å². The largest absolute Gasteiger partial charge is 0.401 e. The van der Waals surface area contributed by atoms with Crippen LogP contribution in [0.4, 0.5) is 13.2 Å². The predicted molar refractivity (Wildman–Crippen MR) is 63.5 cm³/mol. The highest BCUT2D eigenvalue weighted by molar-refractivity contribution is 5.80. The van der Waals surface area contributed by atoms with Gasteiger partial charge in [-0.1, -0.05) is 0 Å². The molecular weight excluding hydrogens is 245 g/mol. The predicted octanol–water partition coefficient (Wildman–Crippen LogP) is 0.809. The summed E-state index contributed by atoms with van der Waals surface area (Å²) in [6, 6.07) is 0. The normalized spacial score (nSPS) is 25.7. The smallest absolute Gasteiger partial charge is 0.356 e. The number of aliphatic imine (C=N–C) groups is 1. The van der Waals surface area contributed by atoms with Gasteiger partial charge in [0.05, 0.1) is 6.54 Å². The fourth-order valence-electron chi connectivity index (χ4n) is 2.37. The Labute approximate surface area is 105 Å². The number of halogens is 3. The third kappa shape index (κ3) is 4.36. The molecule has 0 radical (unpaired) electrons.